The maximum Gasteiger partial charge on any atom is 0.244 e. The van der Waals surface area contributed by atoms with Gasteiger partial charge in [-0.2, -0.15) is 0 Å². The van der Waals surface area contributed by atoms with E-state index in [1.54, 1.807) is 13.8 Å². The van der Waals surface area contributed by atoms with Gasteiger partial charge in [-0.25, -0.2) is 0 Å². The SMILES string of the molecule is CCC(=O)NCC(NC(=O)CC)C(=O)NCCCCc1cccc(C#C[Si](C)(C)C)c1. The molecule has 1 unspecified atom stereocenters. The number of aryl methyl sites for hydroxylation is 1. The van der Waals surface area contributed by atoms with Gasteiger partial charge in [-0.05, 0) is 37.0 Å². The van der Waals surface area contributed by atoms with Gasteiger partial charge in [-0.3, -0.25) is 14.4 Å². The van der Waals surface area contributed by atoms with Gasteiger partial charge >= 0.3 is 0 Å². The first-order valence-electron chi connectivity index (χ1n) is 11.1. The summed E-state index contributed by atoms with van der Waals surface area (Å²) in [6, 6.07) is 7.56. The molecule has 31 heavy (non-hydrogen) atoms. The highest BCUT2D eigenvalue weighted by Gasteiger charge is 2.20. The fourth-order valence-electron chi connectivity index (χ4n) is 2.70. The first kappa shape index (κ1) is 26.4. The van der Waals surface area contributed by atoms with Crippen molar-refractivity contribution in [2.75, 3.05) is 13.1 Å². The van der Waals surface area contributed by atoms with Crippen LogP contribution in [0.15, 0.2) is 24.3 Å². The Labute approximate surface area is 188 Å². The Bertz CT molecular complexity index is 806. The van der Waals surface area contributed by atoms with E-state index in [1.807, 2.05) is 12.1 Å². The van der Waals surface area contributed by atoms with Crippen molar-refractivity contribution in [2.45, 2.75) is 71.6 Å². The Balaban J connectivity index is 2.47. The normalized spacial score (nSPS) is 11.6. The number of hydrogen-bond donors (Lipinski definition) is 3. The van der Waals surface area contributed by atoms with Crippen molar-refractivity contribution in [3.8, 4) is 11.5 Å². The Morgan fingerprint density at radius 2 is 1.71 bits per heavy atom. The van der Waals surface area contributed by atoms with Crippen molar-refractivity contribution in [3.63, 3.8) is 0 Å². The van der Waals surface area contributed by atoms with E-state index in [0.717, 1.165) is 24.8 Å². The molecule has 1 atom stereocenters. The molecule has 0 saturated carbocycles. The molecule has 0 bridgehead atoms. The van der Waals surface area contributed by atoms with Crippen LogP contribution in [0.5, 0.6) is 0 Å². The van der Waals surface area contributed by atoms with Crippen molar-refractivity contribution in [2.24, 2.45) is 0 Å². The number of carbonyl (C=O) groups is 3. The summed E-state index contributed by atoms with van der Waals surface area (Å²) in [5, 5.41) is 8.20. The van der Waals surface area contributed by atoms with Crippen LogP contribution in [-0.4, -0.2) is 44.9 Å². The van der Waals surface area contributed by atoms with Gasteiger partial charge in [0.25, 0.3) is 0 Å². The van der Waals surface area contributed by atoms with Crippen molar-refractivity contribution in [1.29, 1.82) is 0 Å². The molecule has 0 saturated heterocycles. The third-order valence-electron chi connectivity index (χ3n) is 4.50. The zero-order valence-corrected chi connectivity index (χ0v) is 20.6. The second kappa shape index (κ2) is 13.7. The molecule has 0 spiro atoms. The van der Waals surface area contributed by atoms with E-state index in [4.69, 9.17) is 0 Å². The summed E-state index contributed by atoms with van der Waals surface area (Å²) < 4.78 is 0. The minimum absolute atomic E-state index is 0.0928. The monoisotopic (exact) mass is 443 g/mol. The van der Waals surface area contributed by atoms with Crippen LogP contribution in [0.25, 0.3) is 0 Å². The lowest BCUT2D eigenvalue weighted by Gasteiger charge is -2.18. The second-order valence-corrected chi connectivity index (χ2v) is 13.3. The topological polar surface area (TPSA) is 87.3 Å². The molecular weight excluding hydrogens is 406 g/mol. The fraction of sp³-hybridized carbons (Fsp3) is 0.542. The zero-order chi connectivity index (χ0) is 23.3. The standard InChI is InChI=1S/C24H37N3O3Si/c1-6-22(28)26-18-21(27-23(29)7-2)24(30)25-15-9-8-11-19-12-10-13-20(17-19)14-16-31(3,4)5/h10,12-13,17,21H,6-9,11,15,18H2,1-5H3,(H,25,30)(H,26,28)(H,27,29). The van der Waals surface area contributed by atoms with Crippen LogP contribution in [0, 0.1) is 11.5 Å². The average Bonchev–Trinajstić information content (AvgIpc) is 2.74. The lowest BCUT2D eigenvalue weighted by atomic mass is 10.1. The van der Waals surface area contributed by atoms with E-state index in [0.29, 0.717) is 13.0 Å². The molecular formula is C24H37N3O3Si. The summed E-state index contributed by atoms with van der Waals surface area (Å²) in [6.07, 6.45) is 3.30. The lowest BCUT2D eigenvalue weighted by molar-refractivity contribution is -0.129. The quantitative estimate of drug-likeness (QED) is 0.279. The number of rotatable bonds is 11. The Morgan fingerprint density at radius 1 is 1.00 bits per heavy atom. The molecule has 0 aliphatic carbocycles. The van der Waals surface area contributed by atoms with Gasteiger partial charge in [0, 0.05) is 31.5 Å². The summed E-state index contributed by atoms with van der Waals surface area (Å²) in [4.78, 5) is 35.6. The molecule has 3 amide bonds. The van der Waals surface area contributed by atoms with E-state index in [9.17, 15) is 14.4 Å². The molecule has 0 aliphatic rings. The number of hydrogen-bond acceptors (Lipinski definition) is 3. The van der Waals surface area contributed by atoms with E-state index in [2.05, 4.69) is 59.2 Å². The lowest BCUT2D eigenvalue weighted by Crippen LogP contribution is -2.52. The maximum absolute atomic E-state index is 12.4. The van der Waals surface area contributed by atoms with Gasteiger partial charge in [-0.15, -0.1) is 5.54 Å². The molecule has 1 rings (SSSR count). The highest BCUT2D eigenvalue weighted by molar-refractivity contribution is 6.83. The number of nitrogens with one attached hydrogen (secondary N) is 3. The summed E-state index contributed by atoms with van der Waals surface area (Å²) in [7, 11) is -1.39. The predicted octanol–water partition coefficient (Wildman–Crippen LogP) is 2.78. The third kappa shape index (κ3) is 12.0. The largest absolute Gasteiger partial charge is 0.354 e. The molecule has 3 N–H and O–H groups in total. The van der Waals surface area contributed by atoms with E-state index < -0.39 is 14.1 Å². The van der Waals surface area contributed by atoms with E-state index in [1.165, 1.54) is 5.56 Å². The first-order chi connectivity index (χ1) is 14.6. The minimum atomic E-state index is -1.39. The molecule has 0 fully saturated rings. The van der Waals surface area contributed by atoms with Crippen LogP contribution in [0.3, 0.4) is 0 Å². The van der Waals surface area contributed by atoms with Gasteiger partial charge in [0.05, 0.1) is 0 Å². The third-order valence-corrected chi connectivity index (χ3v) is 5.37. The van der Waals surface area contributed by atoms with Crippen LogP contribution < -0.4 is 16.0 Å². The van der Waals surface area contributed by atoms with E-state index in [-0.39, 0.29) is 30.7 Å². The van der Waals surface area contributed by atoms with Crippen LogP contribution in [0.4, 0.5) is 0 Å². The van der Waals surface area contributed by atoms with Crippen molar-refractivity contribution < 1.29 is 14.4 Å². The van der Waals surface area contributed by atoms with Gasteiger partial charge in [-0.1, -0.05) is 51.5 Å². The number of unbranched alkanes of at least 4 members (excludes halogenated alkanes) is 1. The number of carbonyl (C=O) groups excluding carboxylic acids is 3. The van der Waals surface area contributed by atoms with Crippen LogP contribution >= 0.6 is 0 Å². The van der Waals surface area contributed by atoms with Crippen LogP contribution in [0.2, 0.25) is 19.6 Å². The van der Waals surface area contributed by atoms with Gasteiger partial charge in [0.1, 0.15) is 14.1 Å². The predicted molar refractivity (Wildman–Crippen MR) is 128 cm³/mol. The summed E-state index contributed by atoms with van der Waals surface area (Å²) in [6.45, 7) is 10.8. The Hall–Kier alpha value is -2.59. The molecule has 170 valence electrons. The molecule has 1 aromatic carbocycles. The van der Waals surface area contributed by atoms with Crippen molar-refractivity contribution in [3.05, 3.63) is 35.4 Å². The van der Waals surface area contributed by atoms with Crippen molar-refractivity contribution >= 4 is 25.8 Å². The van der Waals surface area contributed by atoms with E-state index >= 15 is 0 Å². The Morgan fingerprint density at radius 3 is 2.35 bits per heavy atom. The maximum atomic E-state index is 12.4. The molecule has 7 heteroatoms. The van der Waals surface area contributed by atoms with Crippen LogP contribution in [-0.2, 0) is 20.8 Å². The van der Waals surface area contributed by atoms with Gasteiger partial charge in [0.15, 0.2) is 0 Å². The zero-order valence-electron chi connectivity index (χ0n) is 19.6. The first-order valence-corrected chi connectivity index (χ1v) is 14.6. The molecule has 0 heterocycles. The van der Waals surface area contributed by atoms with Gasteiger partial charge in [0.2, 0.25) is 17.7 Å². The molecule has 0 aromatic heterocycles. The summed E-state index contributed by atoms with van der Waals surface area (Å²) >= 11 is 0. The Kier molecular flexibility index (Phi) is 11.6. The number of amides is 3. The molecule has 6 nitrogen and oxygen atoms in total. The minimum Gasteiger partial charge on any atom is -0.354 e. The average molecular weight is 444 g/mol. The number of benzene rings is 1. The van der Waals surface area contributed by atoms with Gasteiger partial charge < -0.3 is 16.0 Å². The molecule has 0 aliphatic heterocycles. The molecule has 0 radical (unpaired) electrons. The molecule has 1 aromatic rings. The highest BCUT2D eigenvalue weighted by atomic mass is 28.3. The van der Waals surface area contributed by atoms with Crippen LogP contribution in [0.1, 0.15) is 50.7 Å². The second-order valence-electron chi connectivity index (χ2n) is 8.58. The fourth-order valence-corrected chi connectivity index (χ4v) is 3.22. The highest BCUT2D eigenvalue weighted by Crippen LogP contribution is 2.09. The summed E-state index contributed by atoms with van der Waals surface area (Å²) in [5.41, 5.74) is 5.68. The van der Waals surface area contributed by atoms with Crippen molar-refractivity contribution in [1.82, 2.24) is 16.0 Å². The summed E-state index contributed by atoms with van der Waals surface area (Å²) in [5.74, 6) is 2.64. The smallest absolute Gasteiger partial charge is 0.244 e.